The highest BCUT2D eigenvalue weighted by Gasteiger charge is 2.24. The highest BCUT2D eigenvalue weighted by molar-refractivity contribution is 7.10. The number of likely N-dealkylation sites (tertiary alicyclic amines) is 1. The molecule has 1 saturated heterocycles. The normalized spacial score (nSPS) is 19.0. The van der Waals surface area contributed by atoms with Gasteiger partial charge in [0, 0.05) is 17.5 Å². The zero-order chi connectivity index (χ0) is 15.2. The molecule has 0 saturated carbocycles. The van der Waals surface area contributed by atoms with Gasteiger partial charge in [-0.1, -0.05) is 19.9 Å². The summed E-state index contributed by atoms with van der Waals surface area (Å²) in [5.74, 6) is -0.0291. The van der Waals surface area contributed by atoms with Crippen molar-refractivity contribution in [1.29, 1.82) is 0 Å². The molecule has 2 heterocycles. The third-order valence-electron chi connectivity index (χ3n) is 3.91. The van der Waals surface area contributed by atoms with E-state index < -0.39 is 5.97 Å². The number of hydrogen-bond donors (Lipinski definition) is 2. The van der Waals surface area contributed by atoms with Gasteiger partial charge in [-0.25, -0.2) is 0 Å². The number of nitrogens with zero attached hydrogens (tertiary/aromatic N) is 1. The van der Waals surface area contributed by atoms with E-state index in [1.165, 1.54) is 0 Å². The minimum atomic E-state index is -0.738. The zero-order valence-electron chi connectivity index (χ0n) is 12.9. The van der Waals surface area contributed by atoms with Crippen molar-refractivity contribution >= 4 is 17.3 Å². The fraction of sp³-hybridized carbons (Fsp3) is 0.688. The van der Waals surface area contributed by atoms with Gasteiger partial charge in [0.05, 0.1) is 12.5 Å². The van der Waals surface area contributed by atoms with Crippen molar-refractivity contribution in [3.05, 3.63) is 22.4 Å². The molecule has 1 aliphatic heterocycles. The largest absolute Gasteiger partial charge is 0.481 e. The Labute approximate surface area is 131 Å². The van der Waals surface area contributed by atoms with E-state index in [2.05, 4.69) is 24.1 Å². The van der Waals surface area contributed by atoms with Gasteiger partial charge in [0.2, 0.25) is 0 Å². The van der Waals surface area contributed by atoms with Crippen molar-refractivity contribution < 1.29 is 9.90 Å². The standard InChI is InChI=1S/C16H26N2O2S/c1-12(2)11-18-7-5-13(6-8-18)17-14(10-16(19)20)15-4-3-9-21-15/h3-4,9,12-14,17H,5-8,10-11H2,1-2H3,(H,19,20). The molecule has 0 aliphatic carbocycles. The first kappa shape index (κ1) is 16.5. The molecule has 0 bridgehead atoms. The molecule has 1 fully saturated rings. The molecule has 4 nitrogen and oxygen atoms in total. The molecular weight excluding hydrogens is 284 g/mol. The van der Waals surface area contributed by atoms with Crippen LogP contribution in [0.4, 0.5) is 0 Å². The Morgan fingerprint density at radius 3 is 2.71 bits per heavy atom. The molecule has 21 heavy (non-hydrogen) atoms. The lowest BCUT2D eigenvalue weighted by Crippen LogP contribution is -2.44. The molecule has 1 unspecified atom stereocenters. The lowest BCUT2D eigenvalue weighted by Gasteiger charge is -2.35. The highest BCUT2D eigenvalue weighted by Crippen LogP contribution is 2.24. The molecule has 0 aromatic carbocycles. The average Bonchev–Trinajstić information content (AvgIpc) is 2.93. The number of rotatable bonds is 7. The summed E-state index contributed by atoms with van der Waals surface area (Å²) in [6.45, 7) is 7.89. The molecular formula is C16H26N2O2S. The van der Waals surface area contributed by atoms with E-state index in [4.69, 9.17) is 5.11 Å². The SMILES string of the molecule is CC(C)CN1CCC(NC(CC(=O)O)c2cccs2)CC1. The number of piperidine rings is 1. The lowest BCUT2D eigenvalue weighted by molar-refractivity contribution is -0.137. The van der Waals surface area contributed by atoms with E-state index in [1.807, 2.05) is 17.5 Å². The Balaban J connectivity index is 1.86. The van der Waals surface area contributed by atoms with Crippen LogP contribution in [0.25, 0.3) is 0 Å². The summed E-state index contributed by atoms with van der Waals surface area (Å²) >= 11 is 1.63. The van der Waals surface area contributed by atoms with E-state index >= 15 is 0 Å². The molecule has 118 valence electrons. The molecule has 1 aromatic heterocycles. The predicted octanol–water partition coefficient (Wildman–Crippen LogP) is 2.97. The van der Waals surface area contributed by atoms with Crippen LogP contribution in [0.1, 0.15) is 44.0 Å². The van der Waals surface area contributed by atoms with Gasteiger partial charge in [0.1, 0.15) is 0 Å². The van der Waals surface area contributed by atoms with Crippen molar-refractivity contribution in [3.63, 3.8) is 0 Å². The summed E-state index contributed by atoms with van der Waals surface area (Å²) in [4.78, 5) is 14.7. The second-order valence-electron chi connectivity index (χ2n) is 6.30. The summed E-state index contributed by atoms with van der Waals surface area (Å²) in [6.07, 6.45) is 2.37. The van der Waals surface area contributed by atoms with Gasteiger partial charge < -0.3 is 15.3 Å². The van der Waals surface area contributed by atoms with E-state index in [0.717, 1.165) is 37.4 Å². The Morgan fingerprint density at radius 2 is 2.19 bits per heavy atom. The van der Waals surface area contributed by atoms with Crippen LogP contribution >= 0.6 is 11.3 Å². The van der Waals surface area contributed by atoms with Crippen molar-refractivity contribution in [1.82, 2.24) is 10.2 Å². The number of carboxylic acids is 1. The Morgan fingerprint density at radius 1 is 1.48 bits per heavy atom. The van der Waals surface area contributed by atoms with E-state index in [9.17, 15) is 4.79 Å². The molecule has 1 aliphatic rings. The van der Waals surface area contributed by atoms with E-state index in [-0.39, 0.29) is 12.5 Å². The molecule has 1 atom stereocenters. The van der Waals surface area contributed by atoms with Gasteiger partial charge >= 0.3 is 5.97 Å². The van der Waals surface area contributed by atoms with Crippen LogP contribution in [0.3, 0.4) is 0 Å². The molecule has 0 radical (unpaired) electrons. The van der Waals surface area contributed by atoms with Crippen LogP contribution in [0.5, 0.6) is 0 Å². The third kappa shape index (κ3) is 5.41. The first-order valence-electron chi connectivity index (χ1n) is 7.78. The van der Waals surface area contributed by atoms with Crippen molar-refractivity contribution in [2.24, 2.45) is 5.92 Å². The molecule has 2 rings (SSSR count). The van der Waals surface area contributed by atoms with Crippen LogP contribution in [-0.2, 0) is 4.79 Å². The first-order valence-corrected chi connectivity index (χ1v) is 8.66. The number of nitrogens with one attached hydrogen (secondary N) is 1. The second kappa shape index (κ2) is 7.92. The van der Waals surface area contributed by atoms with Crippen LogP contribution in [0.15, 0.2) is 17.5 Å². The summed E-state index contributed by atoms with van der Waals surface area (Å²) in [6, 6.07) is 4.39. The van der Waals surface area contributed by atoms with Gasteiger partial charge in [-0.15, -0.1) is 11.3 Å². The molecule has 0 amide bonds. The fourth-order valence-electron chi connectivity index (χ4n) is 2.99. The molecule has 2 N–H and O–H groups in total. The van der Waals surface area contributed by atoms with Crippen molar-refractivity contribution in [3.8, 4) is 0 Å². The predicted molar refractivity (Wildman–Crippen MR) is 86.7 cm³/mol. The third-order valence-corrected chi connectivity index (χ3v) is 4.90. The molecule has 0 spiro atoms. The maximum atomic E-state index is 11.1. The minimum absolute atomic E-state index is 0.0517. The zero-order valence-corrected chi connectivity index (χ0v) is 13.7. The number of aliphatic carboxylic acids is 1. The van der Waals surface area contributed by atoms with Crippen LogP contribution in [0.2, 0.25) is 0 Å². The Bertz CT molecular complexity index is 425. The van der Waals surface area contributed by atoms with Gasteiger partial charge in [-0.05, 0) is 43.3 Å². The van der Waals surface area contributed by atoms with Crippen LogP contribution in [0, 0.1) is 5.92 Å². The van der Waals surface area contributed by atoms with Crippen molar-refractivity contribution in [2.75, 3.05) is 19.6 Å². The van der Waals surface area contributed by atoms with Crippen molar-refractivity contribution in [2.45, 2.75) is 45.2 Å². The number of hydrogen-bond acceptors (Lipinski definition) is 4. The summed E-state index contributed by atoms with van der Waals surface area (Å²) < 4.78 is 0. The topological polar surface area (TPSA) is 52.6 Å². The number of carboxylic acid groups (broad SMARTS) is 1. The molecule has 1 aromatic rings. The summed E-state index contributed by atoms with van der Waals surface area (Å²) in [5.41, 5.74) is 0. The van der Waals surface area contributed by atoms with Crippen LogP contribution < -0.4 is 5.32 Å². The maximum Gasteiger partial charge on any atom is 0.305 e. The first-order chi connectivity index (χ1) is 10.0. The van der Waals surface area contributed by atoms with Crippen LogP contribution in [-0.4, -0.2) is 41.7 Å². The highest BCUT2D eigenvalue weighted by atomic mass is 32.1. The van der Waals surface area contributed by atoms with Gasteiger partial charge in [0.25, 0.3) is 0 Å². The van der Waals surface area contributed by atoms with E-state index in [1.54, 1.807) is 11.3 Å². The Hall–Kier alpha value is -0.910. The quantitative estimate of drug-likeness (QED) is 0.813. The number of carbonyl (C=O) groups is 1. The van der Waals surface area contributed by atoms with Gasteiger partial charge in [-0.2, -0.15) is 0 Å². The Kier molecular flexibility index (Phi) is 6.21. The smallest absolute Gasteiger partial charge is 0.305 e. The lowest BCUT2D eigenvalue weighted by atomic mass is 10.0. The van der Waals surface area contributed by atoms with Gasteiger partial charge in [0.15, 0.2) is 0 Å². The fourth-order valence-corrected chi connectivity index (χ4v) is 3.78. The second-order valence-corrected chi connectivity index (χ2v) is 7.28. The van der Waals surface area contributed by atoms with Gasteiger partial charge in [-0.3, -0.25) is 4.79 Å². The monoisotopic (exact) mass is 310 g/mol. The summed E-state index contributed by atoms with van der Waals surface area (Å²) in [7, 11) is 0. The number of thiophene rings is 1. The average molecular weight is 310 g/mol. The van der Waals surface area contributed by atoms with E-state index in [0.29, 0.717) is 12.0 Å². The minimum Gasteiger partial charge on any atom is -0.481 e. The summed E-state index contributed by atoms with van der Waals surface area (Å²) in [5, 5.41) is 14.7. The maximum absolute atomic E-state index is 11.1. The molecule has 5 heteroatoms.